The van der Waals surface area contributed by atoms with E-state index >= 15 is 0 Å². The third kappa shape index (κ3) is 1.16. The molecule has 0 N–H and O–H groups in total. The summed E-state index contributed by atoms with van der Waals surface area (Å²) < 4.78 is 1.80. The molecule has 0 aliphatic carbocycles. The van der Waals surface area contributed by atoms with Crippen LogP contribution in [0.2, 0.25) is 0 Å². The first kappa shape index (κ1) is 8.76. The maximum absolute atomic E-state index is 8.97. The molecule has 0 bridgehead atoms. The zero-order valence-corrected chi connectivity index (χ0v) is 8.23. The van der Waals surface area contributed by atoms with E-state index in [0.717, 1.165) is 11.1 Å². The fraction of sp³-hybridized carbons (Fsp3) is 0.273. The molecule has 2 rings (SSSR count). The molecule has 0 saturated heterocycles. The summed E-state index contributed by atoms with van der Waals surface area (Å²) >= 11 is 0. The first-order valence-electron chi connectivity index (χ1n) is 4.60. The van der Waals surface area contributed by atoms with Crippen LogP contribution in [-0.2, 0) is 0 Å². The highest BCUT2D eigenvalue weighted by molar-refractivity contribution is 5.61. The molecule has 2 aromatic rings. The largest absolute Gasteiger partial charge is 0.241 e. The summed E-state index contributed by atoms with van der Waals surface area (Å²) in [6, 6.07) is 6.11. The molecule has 2 aromatic heterocycles. The van der Waals surface area contributed by atoms with Crippen LogP contribution < -0.4 is 0 Å². The van der Waals surface area contributed by atoms with Crippen molar-refractivity contribution in [1.29, 1.82) is 5.26 Å². The summed E-state index contributed by atoms with van der Waals surface area (Å²) in [6.07, 6.45) is 3.52. The summed E-state index contributed by atoms with van der Waals surface area (Å²) in [5, 5.41) is 13.1. The average Bonchev–Trinajstić information content (AvgIpc) is 2.62. The van der Waals surface area contributed by atoms with E-state index in [1.54, 1.807) is 10.7 Å². The number of hydrogen-bond donors (Lipinski definition) is 0. The van der Waals surface area contributed by atoms with E-state index < -0.39 is 0 Å². The molecule has 0 saturated carbocycles. The quantitative estimate of drug-likeness (QED) is 0.684. The number of hydrogen-bond acceptors (Lipinski definition) is 2. The van der Waals surface area contributed by atoms with Gasteiger partial charge in [0.1, 0.15) is 6.07 Å². The highest BCUT2D eigenvalue weighted by Crippen LogP contribution is 2.23. The number of nitriles is 1. The molecule has 3 nitrogen and oxygen atoms in total. The number of rotatable bonds is 1. The monoisotopic (exact) mass is 185 g/mol. The van der Waals surface area contributed by atoms with Gasteiger partial charge in [-0.2, -0.15) is 10.4 Å². The molecular formula is C11H11N3. The SMILES string of the molecule is CC(C)c1c(C#N)cnn2cccc12. The Balaban J connectivity index is 2.84. The van der Waals surface area contributed by atoms with Crippen LogP contribution in [0.5, 0.6) is 0 Å². The van der Waals surface area contributed by atoms with E-state index in [-0.39, 0.29) is 0 Å². The van der Waals surface area contributed by atoms with E-state index in [9.17, 15) is 0 Å². The number of nitrogens with zero attached hydrogens (tertiary/aromatic N) is 3. The van der Waals surface area contributed by atoms with Crippen molar-refractivity contribution in [2.45, 2.75) is 19.8 Å². The molecule has 0 amide bonds. The maximum atomic E-state index is 8.97. The molecule has 0 aliphatic heterocycles. The molecule has 2 heterocycles. The molecule has 3 heteroatoms. The van der Waals surface area contributed by atoms with Crippen molar-refractivity contribution in [2.75, 3.05) is 0 Å². The number of aromatic nitrogens is 2. The lowest BCUT2D eigenvalue weighted by Crippen LogP contribution is -2.00. The highest BCUT2D eigenvalue weighted by Gasteiger charge is 2.11. The maximum Gasteiger partial charge on any atom is 0.101 e. The summed E-state index contributed by atoms with van der Waals surface area (Å²) in [7, 11) is 0. The third-order valence-corrected chi connectivity index (χ3v) is 2.30. The van der Waals surface area contributed by atoms with Crippen LogP contribution in [0.1, 0.15) is 30.9 Å². The average molecular weight is 185 g/mol. The van der Waals surface area contributed by atoms with Crippen LogP contribution in [0.3, 0.4) is 0 Å². The van der Waals surface area contributed by atoms with Crippen molar-refractivity contribution < 1.29 is 0 Å². The molecule has 0 aliphatic rings. The second kappa shape index (κ2) is 3.15. The minimum Gasteiger partial charge on any atom is -0.241 e. The van der Waals surface area contributed by atoms with Crippen LogP contribution >= 0.6 is 0 Å². The summed E-state index contributed by atoms with van der Waals surface area (Å²) in [4.78, 5) is 0. The van der Waals surface area contributed by atoms with Gasteiger partial charge in [0.25, 0.3) is 0 Å². The minimum absolute atomic E-state index is 0.338. The van der Waals surface area contributed by atoms with Gasteiger partial charge in [-0.05, 0) is 23.6 Å². The Morgan fingerprint density at radius 1 is 1.50 bits per heavy atom. The Hall–Kier alpha value is -1.82. The predicted molar refractivity (Wildman–Crippen MR) is 54.0 cm³/mol. The smallest absolute Gasteiger partial charge is 0.101 e. The lowest BCUT2D eigenvalue weighted by molar-refractivity contribution is 0.835. The van der Waals surface area contributed by atoms with Gasteiger partial charge in [0, 0.05) is 6.20 Å². The van der Waals surface area contributed by atoms with Gasteiger partial charge < -0.3 is 0 Å². The van der Waals surface area contributed by atoms with E-state index in [0.29, 0.717) is 11.5 Å². The highest BCUT2D eigenvalue weighted by atomic mass is 15.2. The fourth-order valence-corrected chi connectivity index (χ4v) is 1.71. The van der Waals surface area contributed by atoms with Crippen molar-refractivity contribution in [3.63, 3.8) is 0 Å². The summed E-state index contributed by atoms with van der Waals surface area (Å²) in [5.74, 6) is 0.338. The Bertz CT molecular complexity index is 503. The molecular weight excluding hydrogens is 174 g/mol. The van der Waals surface area contributed by atoms with Gasteiger partial charge in [0.05, 0.1) is 17.3 Å². The lowest BCUT2D eigenvalue weighted by Gasteiger charge is -2.09. The van der Waals surface area contributed by atoms with E-state index in [2.05, 4.69) is 25.0 Å². The van der Waals surface area contributed by atoms with Gasteiger partial charge >= 0.3 is 0 Å². The number of fused-ring (bicyclic) bond motifs is 1. The zero-order chi connectivity index (χ0) is 10.1. The van der Waals surface area contributed by atoms with Crippen molar-refractivity contribution in [2.24, 2.45) is 0 Å². The molecule has 0 unspecified atom stereocenters. The van der Waals surface area contributed by atoms with Crippen LogP contribution in [0, 0.1) is 11.3 Å². The molecule has 0 spiro atoms. The van der Waals surface area contributed by atoms with Crippen molar-refractivity contribution in [1.82, 2.24) is 9.61 Å². The molecule has 14 heavy (non-hydrogen) atoms. The van der Waals surface area contributed by atoms with Crippen molar-refractivity contribution >= 4 is 5.52 Å². The van der Waals surface area contributed by atoms with Crippen LogP contribution in [0.4, 0.5) is 0 Å². The van der Waals surface area contributed by atoms with Gasteiger partial charge in [-0.25, -0.2) is 4.52 Å². The first-order valence-corrected chi connectivity index (χ1v) is 4.60. The molecule has 0 fully saturated rings. The first-order chi connectivity index (χ1) is 6.74. The Kier molecular flexibility index (Phi) is 1.97. The standard InChI is InChI=1S/C11H11N3/c1-8(2)11-9(6-12)7-13-14-5-3-4-10(11)14/h3-5,7-8H,1-2H3. The van der Waals surface area contributed by atoms with Crippen LogP contribution in [-0.4, -0.2) is 9.61 Å². The lowest BCUT2D eigenvalue weighted by atomic mass is 9.99. The van der Waals surface area contributed by atoms with Crippen LogP contribution in [0.25, 0.3) is 5.52 Å². The summed E-state index contributed by atoms with van der Waals surface area (Å²) in [5.41, 5.74) is 2.78. The second-order valence-electron chi connectivity index (χ2n) is 3.58. The normalized spacial score (nSPS) is 10.7. The Labute approximate surface area is 82.6 Å². The third-order valence-electron chi connectivity index (χ3n) is 2.30. The topological polar surface area (TPSA) is 41.1 Å². The molecule has 0 aromatic carbocycles. The second-order valence-corrected chi connectivity index (χ2v) is 3.58. The fourth-order valence-electron chi connectivity index (χ4n) is 1.71. The van der Waals surface area contributed by atoms with Gasteiger partial charge in [-0.15, -0.1) is 0 Å². The Morgan fingerprint density at radius 2 is 2.29 bits per heavy atom. The van der Waals surface area contributed by atoms with Crippen molar-refractivity contribution in [3.05, 3.63) is 35.7 Å². The van der Waals surface area contributed by atoms with Gasteiger partial charge in [-0.1, -0.05) is 13.8 Å². The molecule has 0 radical (unpaired) electrons. The van der Waals surface area contributed by atoms with Gasteiger partial charge in [0.2, 0.25) is 0 Å². The van der Waals surface area contributed by atoms with E-state index in [1.807, 2.05) is 18.3 Å². The molecule has 0 atom stereocenters. The van der Waals surface area contributed by atoms with E-state index in [1.165, 1.54) is 0 Å². The zero-order valence-electron chi connectivity index (χ0n) is 8.23. The van der Waals surface area contributed by atoms with Gasteiger partial charge in [0.15, 0.2) is 0 Å². The predicted octanol–water partition coefficient (Wildman–Crippen LogP) is 2.33. The van der Waals surface area contributed by atoms with Crippen LogP contribution in [0.15, 0.2) is 24.5 Å². The minimum atomic E-state index is 0.338. The van der Waals surface area contributed by atoms with Gasteiger partial charge in [-0.3, -0.25) is 0 Å². The summed E-state index contributed by atoms with van der Waals surface area (Å²) in [6.45, 7) is 4.17. The van der Waals surface area contributed by atoms with E-state index in [4.69, 9.17) is 5.26 Å². The Morgan fingerprint density at radius 3 is 2.93 bits per heavy atom. The molecule has 70 valence electrons. The van der Waals surface area contributed by atoms with Crippen molar-refractivity contribution in [3.8, 4) is 6.07 Å².